The molecule has 1 heterocycles. The average molecular weight is 503 g/mol. The van der Waals surface area contributed by atoms with Crippen LogP contribution in [0.5, 0.6) is 5.75 Å². The molecule has 3 aromatic carbocycles. The zero-order chi connectivity index (χ0) is 25.3. The molecule has 0 aromatic heterocycles. The fourth-order valence-electron chi connectivity index (χ4n) is 3.53. The number of aromatic carboxylic acids is 1. The minimum absolute atomic E-state index is 0.140. The van der Waals surface area contributed by atoms with Gasteiger partial charge >= 0.3 is 5.97 Å². The van der Waals surface area contributed by atoms with Crippen molar-refractivity contribution in [3.05, 3.63) is 100 Å². The Morgan fingerprint density at radius 3 is 2.61 bits per heavy atom. The minimum Gasteiger partial charge on any atom is -0.488 e. The summed E-state index contributed by atoms with van der Waals surface area (Å²) in [6.45, 7) is 3.51. The van der Waals surface area contributed by atoms with Gasteiger partial charge < -0.3 is 14.6 Å². The molecule has 1 aliphatic rings. The fourth-order valence-corrected chi connectivity index (χ4v) is 4.54. The topological polar surface area (TPSA) is 88.4 Å². The van der Waals surface area contributed by atoms with E-state index in [1.54, 1.807) is 29.2 Å². The lowest BCUT2D eigenvalue weighted by Crippen LogP contribution is -2.32. The van der Waals surface area contributed by atoms with Gasteiger partial charge in [0, 0.05) is 12.2 Å². The molecule has 184 valence electrons. The average Bonchev–Trinajstić information content (AvgIpc) is 3.18. The minimum atomic E-state index is -0.986. The van der Waals surface area contributed by atoms with Crippen molar-refractivity contribution in [3.63, 3.8) is 0 Å². The molecule has 1 saturated heterocycles. The number of rotatable bonds is 10. The molecular weight excluding hydrogens is 476 g/mol. The normalized spacial score (nSPS) is 15.6. The number of aliphatic imine (C=N–C) groups is 1. The van der Waals surface area contributed by atoms with E-state index in [0.717, 1.165) is 16.8 Å². The summed E-state index contributed by atoms with van der Waals surface area (Å²) in [5.74, 6) is -0.535. The highest BCUT2D eigenvalue weighted by molar-refractivity contribution is 8.18. The maximum atomic E-state index is 13.3. The van der Waals surface area contributed by atoms with Crippen LogP contribution in [0.25, 0.3) is 6.08 Å². The van der Waals surface area contributed by atoms with E-state index in [1.807, 2.05) is 67.6 Å². The third kappa shape index (κ3) is 6.41. The standard InChI is InChI=1S/C28H26N2O5S/c1-2-34-16-15-30-26(31)25(36-28(30)29-23-12-4-3-5-13-23)18-21-10-6-7-14-24(21)35-19-20-9-8-11-22(17-20)27(32)33/h3-14,17-18H,2,15-16,19H2,1H3,(H,32,33)/b25-18-,29-28?. The van der Waals surface area contributed by atoms with Crippen molar-refractivity contribution in [2.75, 3.05) is 19.8 Å². The number of ether oxygens (including phenoxy) is 2. The number of carboxylic acid groups (broad SMARTS) is 1. The number of hydrogen-bond donors (Lipinski definition) is 1. The summed E-state index contributed by atoms with van der Waals surface area (Å²) in [6, 6.07) is 23.6. The number of para-hydroxylation sites is 2. The monoisotopic (exact) mass is 502 g/mol. The Hall–Kier alpha value is -3.88. The van der Waals surface area contributed by atoms with Gasteiger partial charge in [0.25, 0.3) is 5.91 Å². The molecule has 0 aliphatic carbocycles. The quantitative estimate of drug-likeness (QED) is 0.287. The van der Waals surface area contributed by atoms with E-state index in [0.29, 0.717) is 35.6 Å². The molecule has 7 nitrogen and oxygen atoms in total. The van der Waals surface area contributed by atoms with Crippen LogP contribution in [0, 0.1) is 0 Å². The Balaban J connectivity index is 1.57. The largest absolute Gasteiger partial charge is 0.488 e. The van der Waals surface area contributed by atoms with Crippen molar-refractivity contribution >= 4 is 40.6 Å². The smallest absolute Gasteiger partial charge is 0.335 e. The number of thioether (sulfide) groups is 1. The van der Waals surface area contributed by atoms with Crippen molar-refractivity contribution in [3.8, 4) is 5.75 Å². The third-order valence-electron chi connectivity index (χ3n) is 5.31. The predicted molar refractivity (Wildman–Crippen MR) is 141 cm³/mol. The first-order valence-corrected chi connectivity index (χ1v) is 12.3. The molecule has 4 rings (SSSR count). The molecule has 1 N–H and O–H groups in total. The molecule has 0 saturated carbocycles. The number of amides is 1. The van der Waals surface area contributed by atoms with Crippen molar-refractivity contribution in [2.24, 2.45) is 4.99 Å². The van der Waals surface area contributed by atoms with Gasteiger partial charge in [-0.05, 0) is 60.7 Å². The highest BCUT2D eigenvalue weighted by atomic mass is 32.2. The van der Waals surface area contributed by atoms with Gasteiger partial charge in [0.05, 0.1) is 29.3 Å². The van der Waals surface area contributed by atoms with Crippen LogP contribution in [0.4, 0.5) is 5.69 Å². The first kappa shape index (κ1) is 25.2. The van der Waals surface area contributed by atoms with Gasteiger partial charge in [-0.2, -0.15) is 0 Å². The highest BCUT2D eigenvalue weighted by Crippen LogP contribution is 2.35. The van der Waals surface area contributed by atoms with E-state index in [2.05, 4.69) is 0 Å². The van der Waals surface area contributed by atoms with Gasteiger partial charge in [-0.1, -0.05) is 48.5 Å². The van der Waals surface area contributed by atoms with E-state index < -0.39 is 5.97 Å². The van der Waals surface area contributed by atoms with Crippen LogP contribution in [-0.4, -0.2) is 46.8 Å². The maximum absolute atomic E-state index is 13.3. The lowest BCUT2D eigenvalue weighted by atomic mass is 10.1. The molecule has 0 spiro atoms. The summed E-state index contributed by atoms with van der Waals surface area (Å²) < 4.78 is 11.5. The Bertz CT molecular complexity index is 1290. The summed E-state index contributed by atoms with van der Waals surface area (Å²) >= 11 is 1.31. The summed E-state index contributed by atoms with van der Waals surface area (Å²) in [4.78, 5) is 31.4. The van der Waals surface area contributed by atoms with E-state index in [4.69, 9.17) is 14.5 Å². The summed E-state index contributed by atoms with van der Waals surface area (Å²) in [5.41, 5.74) is 2.45. The molecule has 1 fully saturated rings. The van der Waals surface area contributed by atoms with Gasteiger partial charge in [0.1, 0.15) is 12.4 Å². The Morgan fingerprint density at radius 2 is 1.83 bits per heavy atom. The van der Waals surface area contributed by atoms with Crippen molar-refractivity contribution in [2.45, 2.75) is 13.5 Å². The van der Waals surface area contributed by atoms with Crippen molar-refractivity contribution in [1.82, 2.24) is 4.90 Å². The van der Waals surface area contributed by atoms with E-state index in [1.165, 1.54) is 11.8 Å². The fraction of sp³-hybridized carbons (Fsp3) is 0.179. The molecule has 1 amide bonds. The maximum Gasteiger partial charge on any atom is 0.335 e. The summed E-state index contributed by atoms with van der Waals surface area (Å²) in [7, 11) is 0. The number of benzene rings is 3. The van der Waals surface area contributed by atoms with Crippen LogP contribution >= 0.6 is 11.8 Å². The molecule has 8 heteroatoms. The van der Waals surface area contributed by atoms with Gasteiger partial charge in [-0.3, -0.25) is 9.69 Å². The zero-order valence-electron chi connectivity index (χ0n) is 19.8. The van der Waals surface area contributed by atoms with Crippen molar-refractivity contribution < 1.29 is 24.2 Å². The van der Waals surface area contributed by atoms with Gasteiger partial charge in [0.15, 0.2) is 5.17 Å². The third-order valence-corrected chi connectivity index (χ3v) is 6.31. The number of amidine groups is 1. The van der Waals surface area contributed by atoms with Gasteiger partial charge in [-0.15, -0.1) is 0 Å². The molecule has 0 unspecified atom stereocenters. The zero-order valence-corrected chi connectivity index (χ0v) is 20.6. The second-order valence-electron chi connectivity index (χ2n) is 7.83. The molecule has 3 aromatic rings. The lowest BCUT2D eigenvalue weighted by Gasteiger charge is -2.15. The molecule has 36 heavy (non-hydrogen) atoms. The molecule has 0 atom stereocenters. The van der Waals surface area contributed by atoms with E-state index in [9.17, 15) is 14.7 Å². The van der Waals surface area contributed by atoms with Crippen LogP contribution in [0.15, 0.2) is 88.8 Å². The molecule has 0 bridgehead atoms. The summed E-state index contributed by atoms with van der Waals surface area (Å²) in [6.07, 6.45) is 1.80. The highest BCUT2D eigenvalue weighted by Gasteiger charge is 2.33. The predicted octanol–water partition coefficient (Wildman–Crippen LogP) is 5.60. The number of hydrogen-bond acceptors (Lipinski definition) is 6. The SMILES string of the molecule is CCOCCN1C(=O)/C(=C/c2ccccc2OCc2cccc(C(=O)O)c2)SC1=Nc1ccccc1. The first-order valence-electron chi connectivity index (χ1n) is 11.5. The molecule has 0 radical (unpaired) electrons. The second kappa shape index (κ2) is 12.2. The number of carbonyl (C=O) groups is 2. The number of carboxylic acids is 1. The van der Waals surface area contributed by atoms with Crippen LogP contribution in [0.2, 0.25) is 0 Å². The second-order valence-corrected chi connectivity index (χ2v) is 8.84. The van der Waals surface area contributed by atoms with Crippen LogP contribution in [0.3, 0.4) is 0 Å². The first-order chi connectivity index (χ1) is 17.5. The van der Waals surface area contributed by atoms with E-state index in [-0.39, 0.29) is 18.1 Å². The van der Waals surface area contributed by atoms with Crippen molar-refractivity contribution in [1.29, 1.82) is 0 Å². The molecular formula is C28H26N2O5S. The van der Waals surface area contributed by atoms with E-state index >= 15 is 0 Å². The molecule has 1 aliphatic heterocycles. The van der Waals surface area contributed by atoms with Gasteiger partial charge in [-0.25, -0.2) is 9.79 Å². The lowest BCUT2D eigenvalue weighted by molar-refractivity contribution is -0.122. The van der Waals surface area contributed by atoms with Crippen LogP contribution in [-0.2, 0) is 16.1 Å². The number of carbonyl (C=O) groups excluding carboxylic acids is 1. The number of nitrogens with zero attached hydrogens (tertiary/aromatic N) is 2. The Kier molecular flexibility index (Phi) is 8.54. The Labute approximate surface area is 214 Å². The van der Waals surface area contributed by atoms with Crippen LogP contribution < -0.4 is 4.74 Å². The Morgan fingerprint density at radius 1 is 1.06 bits per heavy atom. The summed E-state index contributed by atoms with van der Waals surface area (Å²) in [5, 5.41) is 9.82. The van der Waals surface area contributed by atoms with Crippen LogP contribution in [0.1, 0.15) is 28.4 Å². The van der Waals surface area contributed by atoms with Gasteiger partial charge in [0.2, 0.25) is 0 Å².